The number of hydrogen-bond donors (Lipinski definition) is 1. The zero-order chi connectivity index (χ0) is 11.4. The summed E-state index contributed by atoms with van der Waals surface area (Å²) in [6.45, 7) is 4.54. The molecule has 2 rings (SSSR count). The number of hydrogen-bond acceptors (Lipinski definition) is 4. The predicted molar refractivity (Wildman–Crippen MR) is 64.8 cm³/mol. The average Bonchev–Trinajstić information content (AvgIpc) is 2.30. The normalized spacial score (nSPS) is 20.9. The van der Waals surface area contributed by atoms with Gasteiger partial charge in [-0.3, -0.25) is 0 Å². The zero-order valence-electron chi connectivity index (χ0n) is 9.72. The van der Waals surface area contributed by atoms with E-state index in [4.69, 9.17) is 10.5 Å². The Balaban J connectivity index is 2.17. The molecule has 0 spiro atoms. The molecule has 1 aliphatic heterocycles. The van der Waals surface area contributed by atoms with Crippen LogP contribution in [0.3, 0.4) is 0 Å². The number of anilines is 1. The Hall–Kier alpha value is -1.29. The third-order valence-electron chi connectivity index (χ3n) is 2.81. The van der Waals surface area contributed by atoms with Gasteiger partial charge in [0.15, 0.2) is 11.6 Å². The third-order valence-corrected chi connectivity index (χ3v) is 2.81. The molecule has 0 aromatic carbocycles. The van der Waals surface area contributed by atoms with Crippen molar-refractivity contribution in [3.63, 3.8) is 0 Å². The van der Waals surface area contributed by atoms with Crippen LogP contribution in [0.25, 0.3) is 0 Å². The minimum absolute atomic E-state index is 0.255. The van der Waals surface area contributed by atoms with Crippen molar-refractivity contribution in [3.8, 4) is 5.75 Å². The molecule has 0 amide bonds. The van der Waals surface area contributed by atoms with Gasteiger partial charge < -0.3 is 15.4 Å². The van der Waals surface area contributed by atoms with Crippen molar-refractivity contribution < 1.29 is 4.74 Å². The maximum absolute atomic E-state index is 5.98. The first-order valence-corrected chi connectivity index (χ1v) is 5.89. The van der Waals surface area contributed by atoms with Gasteiger partial charge in [0, 0.05) is 25.3 Å². The zero-order valence-corrected chi connectivity index (χ0v) is 9.72. The van der Waals surface area contributed by atoms with Crippen LogP contribution in [0.15, 0.2) is 18.3 Å². The number of ether oxygens (including phenoxy) is 1. The lowest BCUT2D eigenvalue weighted by Gasteiger charge is -2.32. The van der Waals surface area contributed by atoms with Gasteiger partial charge in [-0.1, -0.05) is 0 Å². The van der Waals surface area contributed by atoms with Crippen LogP contribution < -0.4 is 15.4 Å². The quantitative estimate of drug-likeness (QED) is 0.838. The van der Waals surface area contributed by atoms with E-state index in [1.807, 2.05) is 19.1 Å². The van der Waals surface area contributed by atoms with E-state index in [-0.39, 0.29) is 6.04 Å². The van der Waals surface area contributed by atoms with Gasteiger partial charge in [-0.05, 0) is 31.9 Å². The SMILES string of the molecule is CCOc1cccnc1N1CCCC(N)C1. The van der Waals surface area contributed by atoms with E-state index >= 15 is 0 Å². The molecule has 0 saturated carbocycles. The molecule has 1 saturated heterocycles. The molecule has 4 nitrogen and oxygen atoms in total. The highest BCUT2D eigenvalue weighted by molar-refractivity contribution is 5.52. The predicted octanol–water partition coefficient (Wildman–Crippen LogP) is 1.41. The smallest absolute Gasteiger partial charge is 0.171 e. The molecule has 1 unspecified atom stereocenters. The Morgan fingerprint density at radius 2 is 2.50 bits per heavy atom. The molecule has 1 aliphatic rings. The molecule has 1 aromatic rings. The van der Waals surface area contributed by atoms with E-state index < -0.39 is 0 Å². The van der Waals surface area contributed by atoms with E-state index in [1.54, 1.807) is 6.20 Å². The minimum Gasteiger partial charge on any atom is -0.490 e. The van der Waals surface area contributed by atoms with E-state index in [0.29, 0.717) is 6.61 Å². The summed E-state index contributed by atoms with van der Waals surface area (Å²) >= 11 is 0. The highest BCUT2D eigenvalue weighted by atomic mass is 16.5. The van der Waals surface area contributed by atoms with Gasteiger partial charge in [0.2, 0.25) is 0 Å². The Morgan fingerprint density at radius 3 is 3.25 bits per heavy atom. The van der Waals surface area contributed by atoms with Crippen LogP contribution in [0.4, 0.5) is 5.82 Å². The van der Waals surface area contributed by atoms with Crippen LogP contribution in [-0.2, 0) is 0 Å². The van der Waals surface area contributed by atoms with E-state index in [0.717, 1.165) is 37.5 Å². The van der Waals surface area contributed by atoms with Crippen LogP contribution in [0.5, 0.6) is 5.75 Å². The van der Waals surface area contributed by atoms with Gasteiger partial charge in [-0.2, -0.15) is 0 Å². The fourth-order valence-corrected chi connectivity index (χ4v) is 2.09. The van der Waals surface area contributed by atoms with Crippen molar-refractivity contribution in [2.75, 3.05) is 24.6 Å². The lowest BCUT2D eigenvalue weighted by atomic mass is 10.1. The molecular weight excluding hydrogens is 202 g/mol. The van der Waals surface area contributed by atoms with Gasteiger partial charge >= 0.3 is 0 Å². The summed E-state index contributed by atoms with van der Waals surface area (Å²) < 4.78 is 5.58. The van der Waals surface area contributed by atoms with Crippen LogP contribution in [-0.4, -0.2) is 30.7 Å². The number of pyridine rings is 1. The topological polar surface area (TPSA) is 51.4 Å². The summed E-state index contributed by atoms with van der Waals surface area (Å²) in [5.41, 5.74) is 5.98. The summed E-state index contributed by atoms with van der Waals surface area (Å²) in [5, 5.41) is 0. The number of nitrogens with two attached hydrogens (primary N) is 1. The monoisotopic (exact) mass is 221 g/mol. The van der Waals surface area contributed by atoms with Crippen molar-refractivity contribution >= 4 is 5.82 Å². The molecular formula is C12H19N3O. The minimum atomic E-state index is 0.255. The largest absolute Gasteiger partial charge is 0.490 e. The molecule has 4 heteroatoms. The van der Waals surface area contributed by atoms with Crippen LogP contribution in [0.2, 0.25) is 0 Å². The molecule has 16 heavy (non-hydrogen) atoms. The second-order valence-corrected chi connectivity index (χ2v) is 4.11. The summed E-state index contributed by atoms with van der Waals surface area (Å²) in [6.07, 6.45) is 4.04. The first-order chi connectivity index (χ1) is 7.81. The molecule has 2 heterocycles. The molecule has 0 bridgehead atoms. The summed E-state index contributed by atoms with van der Waals surface area (Å²) in [7, 11) is 0. The van der Waals surface area contributed by atoms with Gasteiger partial charge in [-0.25, -0.2) is 4.98 Å². The highest BCUT2D eigenvalue weighted by Gasteiger charge is 2.20. The van der Waals surface area contributed by atoms with Gasteiger partial charge in [0.25, 0.3) is 0 Å². The lowest BCUT2D eigenvalue weighted by molar-refractivity contribution is 0.337. The fraction of sp³-hybridized carbons (Fsp3) is 0.583. The maximum Gasteiger partial charge on any atom is 0.171 e. The Labute approximate surface area is 96.4 Å². The first kappa shape index (κ1) is 11.2. The molecule has 0 radical (unpaired) electrons. The first-order valence-electron chi connectivity index (χ1n) is 5.89. The molecule has 1 fully saturated rings. The average molecular weight is 221 g/mol. The van der Waals surface area contributed by atoms with Gasteiger partial charge in [0.05, 0.1) is 6.61 Å². The van der Waals surface area contributed by atoms with Gasteiger partial charge in [-0.15, -0.1) is 0 Å². The summed E-state index contributed by atoms with van der Waals surface area (Å²) in [5.74, 6) is 1.79. The highest BCUT2D eigenvalue weighted by Crippen LogP contribution is 2.27. The fourth-order valence-electron chi connectivity index (χ4n) is 2.09. The summed E-state index contributed by atoms with van der Waals surface area (Å²) in [6, 6.07) is 4.12. The molecule has 0 aliphatic carbocycles. The number of nitrogens with zero attached hydrogens (tertiary/aromatic N) is 2. The van der Waals surface area contributed by atoms with E-state index in [9.17, 15) is 0 Å². The van der Waals surface area contributed by atoms with Gasteiger partial charge in [0.1, 0.15) is 0 Å². The van der Waals surface area contributed by atoms with E-state index in [2.05, 4.69) is 9.88 Å². The molecule has 1 aromatic heterocycles. The second-order valence-electron chi connectivity index (χ2n) is 4.11. The number of aromatic nitrogens is 1. The second kappa shape index (κ2) is 5.16. The Morgan fingerprint density at radius 1 is 1.62 bits per heavy atom. The maximum atomic E-state index is 5.98. The molecule has 88 valence electrons. The molecule has 2 N–H and O–H groups in total. The van der Waals surface area contributed by atoms with Crippen LogP contribution in [0, 0.1) is 0 Å². The van der Waals surface area contributed by atoms with E-state index in [1.165, 1.54) is 0 Å². The van der Waals surface area contributed by atoms with Crippen molar-refractivity contribution in [1.29, 1.82) is 0 Å². The molecule has 1 atom stereocenters. The lowest BCUT2D eigenvalue weighted by Crippen LogP contribution is -2.43. The Bertz CT molecular complexity index is 343. The summed E-state index contributed by atoms with van der Waals surface area (Å²) in [4.78, 5) is 6.62. The third kappa shape index (κ3) is 2.44. The standard InChI is InChI=1S/C12H19N3O/c1-2-16-11-6-3-7-14-12(11)15-8-4-5-10(13)9-15/h3,6-7,10H,2,4-5,8-9,13H2,1H3. The Kier molecular flexibility index (Phi) is 3.62. The number of piperidine rings is 1. The number of rotatable bonds is 3. The van der Waals surface area contributed by atoms with Crippen molar-refractivity contribution in [3.05, 3.63) is 18.3 Å². The van der Waals surface area contributed by atoms with Crippen molar-refractivity contribution in [2.45, 2.75) is 25.8 Å². The van der Waals surface area contributed by atoms with Crippen molar-refractivity contribution in [2.24, 2.45) is 5.73 Å². The van der Waals surface area contributed by atoms with Crippen LogP contribution >= 0.6 is 0 Å². The van der Waals surface area contributed by atoms with Crippen molar-refractivity contribution in [1.82, 2.24) is 4.98 Å². The van der Waals surface area contributed by atoms with Crippen LogP contribution in [0.1, 0.15) is 19.8 Å².